The molecule has 1 aliphatic heterocycles. The largest absolute Gasteiger partial charge is 0.366 e. The van der Waals surface area contributed by atoms with Gasteiger partial charge in [-0.1, -0.05) is 0 Å². The molecule has 8 nitrogen and oxygen atoms in total. The summed E-state index contributed by atoms with van der Waals surface area (Å²) in [6.45, 7) is 9.62. The normalized spacial score (nSPS) is 14.2. The highest BCUT2D eigenvalue weighted by Crippen LogP contribution is 2.28. The number of anilines is 3. The van der Waals surface area contributed by atoms with E-state index in [1.807, 2.05) is 30.2 Å². The van der Waals surface area contributed by atoms with Crippen molar-refractivity contribution in [2.75, 3.05) is 36.4 Å². The van der Waals surface area contributed by atoms with Crippen LogP contribution < -0.4 is 10.2 Å². The maximum absolute atomic E-state index is 14.9. The second kappa shape index (κ2) is 9.13. The smallest absolute Gasteiger partial charge is 0.227 e. The molecule has 1 aromatic carbocycles. The Morgan fingerprint density at radius 2 is 1.79 bits per heavy atom. The van der Waals surface area contributed by atoms with Crippen LogP contribution >= 0.6 is 0 Å². The Bertz CT molecular complexity index is 1170. The van der Waals surface area contributed by atoms with Crippen molar-refractivity contribution >= 4 is 23.2 Å². The number of nitrogens with one attached hydrogen (secondary N) is 1. The number of amides is 1. The zero-order valence-corrected chi connectivity index (χ0v) is 19.1. The van der Waals surface area contributed by atoms with Crippen LogP contribution in [0.3, 0.4) is 0 Å². The quantitative estimate of drug-likeness (QED) is 0.628. The Hall–Kier alpha value is -3.56. The van der Waals surface area contributed by atoms with Crippen LogP contribution in [0, 0.1) is 18.6 Å². The molecule has 33 heavy (non-hydrogen) atoms. The molecule has 0 atom stereocenters. The maximum Gasteiger partial charge on any atom is 0.227 e. The fraction of sp³-hybridized carbons (Fsp3) is 0.391. The lowest BCUT2D eigenvalue weighted by molar-refractivity contribution is -0.129. The number of hydrogen-bond donors (Lipinski definition) is 1. The molecular formula is C23H27F2N7O. The summed E-state index contributed by atoms with van der Waals surface area (Å²) in [5.74, 6) is -0.0160. The second-order valence-electron chi connectivity index (χ2n) is 8.33. The zero-order valence-electron chi connectivity index (χ0n) is 19.1. The van der Waals surface area contributed by atoms with Gasteiger partial charge in [0.1, 0.15) is 17.3 Å². The number of benzene rings is 1. The van der Waals surface area contributed by atoms with E-state index in [1.165, 1.54) is 13.0 Å². The lowest BCUT2D eigenvalue weighted by Gasteiger charge is -2.35. The van der Waals surface area contributed by atoms with Gasteiger partial charge in [-0.3, -0.25) is 4.79 Å². The molecule has 0 unspecified atom stereocenters. The summed E-state index contributed by atoms with van der Waals surface area (Å²) in [7, 11) is 0. The van der Waals surface area contributed by atoms with Crippen LogP contribution in [-0.4, -0.2) is 56.5 Å². The van der Waals surface area contributed by atoms with Gasteiger partial charge in [-0.2, -0.15) is 0 Å². The molecule has 1 saturated heterocycles. The van der Waals surface area contributed by atoms with Crippen LogP contribution in [0.25, 0.3) is 11.4 Å². The van der Waals surface area contributed by atoms with Gasteiger partial charge < -0.3 is 19.7 Å². The number of carbonyl (C=O) groups excluding carboxylic acids is 1. The predicted molar refractivity (Wildman–Crippen MR) is 122 cm³/mol. The summed E-state index contributed by atoms with van der Waals surface area (Å²) in [5, 5.41) is 2.96. The minimum atomic E-state index is -0.561. The number of carbonyl (C=O) groups is 1. The van der Waals surface area contributed by atoms with Gasteiger partial charge in [0, 0.05) is 44.8 Å². The van der Waals surface area contributed by atoms with Crippen LogP contribution in [0.15, 0.2) is 30.6 Å². The number of halogens is 2. The Labute approximate surface area is 191 Å². The number of aryl methyl sites for hydroxylation is 1. The first kappa shape index (κ1) is 22.6. The number of aromatic nitrogens is 4. The molecule has 1 aliphatic rings. The highest BCUT2D eigenvalue weighted by molar-refractivity contribution is 5.73. The average molecular weight is 456 g/mol. The monoisotopic (exact) mass is 455 g/mol. The molecule has 4 rings (SSSR count). The van der Waals surface area contributed by atoms with Crippen molar-refractivity contribution in [2.24, 2.45) is 0 Å². The predicted octanol–water partition coefficient (Wildman–Crippen LogP) is 3.92. The molecule has 1 N–H and O–H groups in total. The average Bonchev–Trinajstić information content (AvgIpc) is 3.17. The molecule has 0 radical (unpaired) electrons. The Morgan fingerprint density at radius 1 is 1.06 bits per heavy atom. The molecule has 174 valence electrons. The molecule has 0 saturated carbocycles. The first-order valence-corrected chi connectivity index (χ1v) is 10.9. The van der Waals surface area contributed by atoms with E-state index in [9.17, 15) is 13.6 Å². The summed E-state index contributed by atoms with van der Waals surface area (Å²) in [6, 6.07) is 4.85. The highest BCUT2D eigenvalue weighted by atomic mass is 19.1. The first-order chi connectivity index (χ1) is 15.7. The minimum Gasteiger partial charge on any atom is -0.366 e. The van der Waals surface area contributed by atoms with Crippen LogP contribution in [0.4, 0.5) is 26.1 Å². The van der Waals surface area contributed by atoms with Gasteiger partial charge in [0.15, 0.2) is 5.82 Å². The third kappa shape index (κ3) is 4.64. The summed E-state index contributed by atoms with van der Waals surface area (Å²) < 4.78 is 31.3. The third-order valence-electron chi connectivity index (χ3n) is 5.75. The second-order valence-corrected chi connectivity index (χ2v) is 8.33. The van der Waals surface area contributed by atoms with Crippen molar-refractivity contribution in [1.29, 1.82) is 0 Å². The number of hydrogen-bond acceptors (Lipinski definition) is 6. The van der Waals surface area contributed by atoms with E-state index >= 15 is 0 Å². The van der Waals surface area contributed by atoms with E-state index in [0.29, 0.717) is 43.2 Å². The van der Waals surface area contributed by atoms with Crippen molar-refractivity contribution in [3.63, 3.8) is 0 Å². The molecule has 0 bridgehead atoms. The fourth-order valence-corrected chi connectivity index (χ4v) is 4.12. The highest BCUT2D eigenvalue weighted by Gasteiger charge is 2.21. The molecule has 3 aromatic rings. The molecule has 2 aromatic heterocycles. The lowest BCUT2D eigenvalue weighted by Crippen LogP contribution is -2.48. The number of rotatable bonds is 5. The van der Waals surface area contributed by atoms with E-state index in [1.54, 1.807) is 23.2 Å². The summed E-state index contributed by atoms with van der Waals surface area (Å²) in [6.07, 6.45) is 2.68. The van der Waals surface area contributed by atoms with Gasteiger partial charge in [0.2, 0.25) is 11.9 Å². The maximum atomic E-state index is 14.9. The molecule has 10 heteroatoms. The molecule has 0 aliphatic carbocycles. The number of piperazine rings is 1. The van der Waals surface area contributed by atoms with E-state index in [0.717, 1.165) is 12.0 Å². The number of nitrogens with zero attached hydrogens (tertiary/aromatic N) is 6. The van der Waals surface area contributed by atoms with Gasteiger partial charge in [-0.05, 0) is 39.0 Å². The van der Waals surface area contributed by atoms with E-state index in [4.69, 9.17) is 0 Å². The minimum absolute atomic E-state index is 0.0277. The Kier molecular flexibility index (Phi) is 6.26. The van der Waals surface area contributed by atoms with E-state index in [-0.39, 0.29) is 23.6 Å². The Balaban J connectivity index is 1.54. The van der Waals surface area contributed by atoms with Gasteiger partial charge >= 0.3 is 0 Å². The molecule has 0 spiro atoms. The van der Waals surface area contributed by atoms with Crippen LogP contribution in [0.2, 0.25) is 0 Å². The van der Waals surface area contributed by atoms with Gasteiger partial charge in [0.25, 0.3) is 0 Å². The van der Waals surface area contributed by atoms with Gasteiger partial charge in [-0.15, -0.1) is 0 Å². The molecule has 3 heterocycles. The topological polar surface area (TPSA) is 79.2 Å². The lowest BCUT2D eigenvalue weighted by atomic mass is 10.2. The van der Waals surface area contributed by atoms with Crippen LogP contribution in [-0.2, 0) is 4.79 Å². The first-order valence-electron chi connectivity index (χ1n) is 10.9. The fourth-order valence-electron chi connectivity index (χ4n) is 4.12. The summed E-state index contributed by atoms with van der Waals surface area (Å²) in [5.41, 5.74) is 1.60. The molecular weight excluding hydrogens is 428 g/mol. The standard InChI is InChI=1S/C23H27F2N7O/c1-14(2)32-15(3)26-13-21(32)22-19(25)12-27-23(29-22)28-17-5-6-20(18(24)11-17)31-9-7-30(8-10-31)16(4)33/h5-6,11-14H,7-10H2,1-4H3,(H,27,28,29). The van der Waals surface area contributed by atoms with Crippen molar-refractivity contribution in [3.8, 4) is 11.4 Å². The molecule has 1 fully saturated rings. The summed E-state index contributed by atoms with van der Waals surface area (Å²) >= 11 is 0. The van der Waals surface area contributed by atoms with E-state index in [2.05, 4.69) is 20.3 Å². The zero-order chi connectivity index (χ0) is 23.7. The summed E-state index contributed by atoms with van der Waals surface area (Å²) in [4.78, 5) is 27.8. The molecule has 1 amide bonds. The third-order valence-corrected chi connectivity index (χ3v) is 5.75. The van der Waals surface area contributed by atoms with Crippen LogP contribution in [0.5, 0.6) is 0 Å². The van der Waals surface area contributed by atoms with Crippen molar-refractivity contribution in [3.05, 3.63) is 48.1 Å². The van der Waals surface area contributed by atoms with Crippen molar-refractivity contribution in [2.45, 2.75) is 33.7 Å². The van der Waals surface area contributed by atoms with Crippen LogP contribution in [0.1, 0.15) is 32.6 Å². The van der Waals surface area contributed by atoms with Crippen molar-refractivity contribution < 1.29 is 13.6 Å². The van der Waals surface area contributed by atoms with Gasteiger partial charge in [0.05, 0.1) is 23.8 Å². The Morgan fingerprint density at radius 3 is 2.42 bits per heavy atom. The van der Waals surface area contributed by atoms with Gasteiger partial charge in [-0.25, -0.2) is 23.7 Å². The number of imidazole rings is 1. The van der Waals surface area contributed by atoms with E-state index < -0.39 is 11.6 Å². The SMILES string of the molecule is CC(=O)N1CCN(c2ccc(Nc3ncc(F)c(-c4cnc(C)n4C(C)C)n3)cc2F)CC1. The van der Waals surface area contributed by atoms with Crippen molar-refractivity contribution in [1.82, 2.24) is 24.4 Å².